The number of anilines is 1. The molecule has 5 N–H and O–H groups in total. The van der Waals surface area contributed by atoms with Gasteiger partial charge in [-0.3, -0.25) is 14.4 Å². The van der Waals surface area contributed by atoms with Gasteiger partial charge in [0.15, 0.2) is 0 Å². The molecular formula is C35H32Cl3N3O7. The summed E-state index contributed by atoms with van der Waals surface area (Å²) in [5, 5.41) is 27.5. The Bertz CT molecular complexity index is 1790. The van der Waals surface area contributed by atoms with Crippen LogP contribution in [-0.4, -0.2) is 46.6 Å². The lowest BCUT2D eigenvalue weighted by molar-refractivity contribution is -0.139. The van der Waals surface area contributed by atoms with Crippen molar-refractivity contribution in [3.8, 4) is 11.5 Å². The molecule has 4 aromatic rings. The van der Waals surface area contributed by atoms with Crippen LogP contribution in [0.25, 0.3) is 0 Å². The van der Waals surface area contributed by atoms with Crippen LogP contribution < -0.4 is 20.7 Å². The van der Waals surface area contributed by atoms with Crippen molar-refractivity contribution in [2.24, 2.45) is 0 Å². The molecule has 13 heteroatoms. The van der Waals surface area contributed by atoms with E-state index in [9.17, 15) is 29.4 Å². The Morgan fingerprint density at radius 2 is 1.52 bits per heavy atom. The van der Waals surface area contributed by atoms with Crippen LogP contribution in [0, 0.1) is 0 Å². The molecule has 0 aliphatic carbocycles. The topological polar surface area (TPSA) is 154 Å². The van der Waals surface area contributed by atoms with Crippen LogP contribution in [-0.2, 0) is 17.8 Å². The van der Waals surface area contributed by atoms with Gasteiger partial charge in [0, 0.05) is 24.2 Å². The first-order valence-corrected chi connectivity index (χ1v) is 16.0. The van der Waals surface area contributed by atoms with Crippen molar-refractivity contribution in [3.05, 3.63) is 122 Å². The van der Waals surface area contributed by atoms with Crippen molar-refractivity contribution in [1.29, 1.82) is 0 Å². The fraction of sp³-hybridized carbons (Fsp3) is 0.200. The van der Waals surface area contributed by atoms with Crippen LogP contribution in [0.15, 0.2) is 78.9 Å². The Kier molecular flexibility index (Phi) is 12.7. The molecule has 4 aromatic carbocycles. The van der Waals surface area contributed by atoms with E-state index in [0.717, 1.165) is 12.8 Å². The highest BCUT2D eigenvalue weighted by Crippen LogP contribution is 2.31. The number of phenolic OH excluding ortho intramolecular Hbond substituents is 1. The van der Waals surface area contributed by atoms with E-state index >= 15 is 0 Å². The Morgan fingerprint density at radius 3 is 2.15 bits per heavy atom. The first-order valence-electron chi connectivity index (χ1n) is 14.9. The molecule has 3 amide bonds. The zero-order valence-corrected chi connectivity index (χ0v) is 28.0. The molecule has 0 saturated heterocycles. The average molecular weight is 713 g/mol. The minimum Gasteiger partial charge on any atom is -0.508 e. The van der Waals surface area contributed by atoms with Gasteiger partial charge in [0.2, 0.25) is 0 Å². The van der Waals surface area contributed by atoms with E-state index in [1.807, 2.05) is 6.92 Å². The minimum absolute atomic E-state index is 0.0108. The summed E-state index contributed by atoms with van der Waals surface area (Å²) in [5.74, 6) is -2.46. The fourth-order valence-corrected chi connectivity index (χ4v) is 5.47. The quantitative estimate of drug-likeness (QED) is 0.0871. The van der Waals surface area contributed by atoms with Crippen molar-refractivity contribution in [2.45, 2.75) is 38.8 Å². The maximum atomic E-state index is 13.0. The number of ether oxygens (including phenoxy) is 1. The standard InChI is InChI=1S/C35H32Cl3N3O7/c1-2-3-13-48-25-17-28(37)31(29(38)18-25)34(45)40-23-10-7-20(8-11-23)15-30(35(46)47)41-33(44)26-12-9-22(16-27(26)36)32(43)39-19-21-5-4-6-24(42)14-21/h4-12,14,16-18,30,42H,2-3,13,15,19H2,1H3,(H,39,43)(H,40,45)(H,41,44)(H,46,47)/t30-/m0/s1. The smallest absolute Gasteiger partial charge is 0.326 e. The zero-order valence-electron chi connectivity index (χ0n) is 25.7. The molecule has 1 atom stereocenters. The average Bonchev–Trinajstić information content (AvgIpc) is 3.04. The number of carboxylic acids is 1. The summed E-state index contributed by atoms with van der Waals surface area (Å²) in [6, 6.07) is 18.6. The first kappa shape index (κ1) is 36.1. The molecule has 0 fully saturated rings. The molecule has 48 heavy (non-hydrogen) atoms. The van der Waals surface area contributed by atoms with Crippen molar-refractivity contribution < 1.29 is 34.1 Å². The Labute approximate surface area is 292 Å². The van der Waals surface area contributed by atoms with Crippen LogP contribution in [0.5, 0.6) is 11.5 Å². The highest BCUT2D eigenvalue weighted by Gasteiger charge is 2.23. The van der Waals surface area contributed by atoms with E-state index in [0.29, 0.717) is 29.2 Å². The zero-order chi connectivity index (χ0) is 34.8. The number of nitrogens with one attached hydrogen (secondary N) is 3. The Balaban J connectivity index is 1.35. The normalized spacial score (nSPS) is 11.3. The number of rotatable bonds is 14. The summed E-state index contributed by atoms with van der Waals surface area (Å²) in [6.07, 6.45) is 1.75. The van der Waals surface area contributed by atoms with E-state index in [-0.39, 0.29) is 50.5 Å². The molecule has 0 unspecified atom stereocenters. The van der Waals surface area contributed by atoms with E-state index in [4.69, 9.17) is 39.5 Å². The van der Waals surface area contributed by atoms with Gasteiger partial charge in [-0.15, -0.1) is 0 Å². The summed E-state index contributed by atoms with van der Waals surface area (Å²) in [5.41, 5.74) is 1.93. The van der Waals surface area contributed by atoms with Crippen LogP contribution in [0.1, 0.15) is 62.0 Å². The summed E-state index contributed by atoms with van der Waals surface area (Å²) < 4.78 is 5.62. The Morgan fingerprint density at radius 1 is 0.812 bits per heavy atom. The SMILES string of the molecule is CCCCOc1cc(Cl)c(C(=O)Nc2ccc(C[C@H](NC(=O)c3ccc(C(=O)NCc4cccc(O)c4)cc3Cl)C(=O)O)cc2)c(Cl)c1. The van der Waals surface area contributed by atoms with Gasteiger partial charge in [0.25, 0.3) is 17.7 Å². The lowest BCUT2D eigenvalue weighted by atomic mass is 10.0. The Hall–Kier alpha value is -4.77. The molecule has 0 saturated carbocycles. The largest absolute Gasteiger partial charge is 0.508 e. The van der Waals surface area contributed by atoms with Crippen molar-refractivity contribution >= 4 is 64.2 Å². The monoisotopic (exact) mass is 711 g/mol. The molecule has 0 spiro atoms. The molecule has 0 aliphatic heterocycles. The van der Waals surface area contributed by atoms with Gasteiger partial charge < -0.3 is 30.9 Å². The number of carbonyl (C=O) groups excluding carboxylic acids is 3. The number of aliphatic carboxylic acids is 1. The van der Waals surface area contributed by atoms with E-state index in [1.165, 1.54) is 42.5 Å². The second kappa shape index (κ2) is 16.9. The van der Waals surface area contributed by atoms with Gasteiger partial charge in [0.1, 0.15) is 17.5 Å². The van der Waals surface area contributed by atoms with E-state index < -0.39 is 29.7 Å². The highest BCUT2D eigenvalue weighted by molar-refractivity contribution is 6.40. The third kappa shape index (κ3) is 9.87. The van der Waals surface area contributed by atoms with Gasteiger partial charge in [-0.05, 0) is 72.1 Å². The van der Waals surface area contributed by atoms with Crippen molar-refractivity contribution in [2.75, 3.05) is 11.9 Å². The molecular weight excluding hydrogens is 681 g/mol. The van der Waals surface area contributed by atoms with Crippen LogP contribution in [0.2, 0.25) is 15.1 Å². The maximum Gasteiger partial charge on any atom is 0.326 e. The van der Waals surface area contributed by atoms with Gasteiger partial charge in [-0.2, -0.15) is 0 Å². The number of aromatic hydroxyl groups is 1. The summed E-state index contributed by atoms with van der Waals surface area (Å²) in [7, 11) is 0. The second-order valence-corrected chi connectivity index (χ2v) is 12.0. The third-order valence-electron chi connectivity index (χ3n) is 7.10. The van der Waals surface area contributed by atoms with Gasteiger partial charge >= 0.3 is 5.97 Å². The first-order chi connectivity index (χ1) is 22.9. The van der Waals surface area contributed by atoms with Gasteiger partial charge in [-0.1, -0.05) is 72.4 Å². The van der Waals surface area contributed by atoms with E-state index in [1.54, 1.807) is 36.4 Å². The number of phenols is 1. The number of unbranched alkanes of at least 4 members (excludes halogenated alkanes) is 1. The number of carboxylic acid groups (broad SMARTS) is 1. The molecule has 0 bridgehead atoms. The molecule has 0 aromatic heterocycles. The molecule has 4 rings (SSSR count). The number of carbonyl (C=O) groups is 4. The lowest BCUT2D eigenvalue weighted by Crippen LogP contribution is -2.42. The molecule has 0 aliphatic rings. The summed E-state index contributed by atoms with van der Waals surface area (Å²) in [6.45, 7) is 2.70. The second-order valence-electron chi connectivity index (χ2n) is 10.7. The number of hydrogen-bond donors (Lipinski definition) is 5. The maximum absolute atomic E-state index is 13.0. The van der Waals surface area contributed by atoms with Gasteiger partial charge in [0.05, 0.1) is 32.8 Å². The van der Waals surface area contributed by atoms with Crippen molar-refractivity contribution in [1.82, 2.24) is 10.6 Å². The molecule has 250 valence electrons. The number of benzene rings is 4. The molecule has 0 heterocycles. The fourth-order valence-electron chi connectivity index (χ4n) is 4.57. The third-order valence-corrected chi connectivity index (χ3v) is 8.01. The predicted octanol–water partition coefficient (Wildman–Crippen LogP) is 7.14. The summed E-state index contributed by atoms with van der Waals surface area (Å²) >= 11 is 19.0. The van der Waals surface area contributed by atoms with Crippen molar-refractivity contribution in [3.63, 3.8) is 0 Å². The number of hydrogen-bond acceptors (Lipinski definition) is 6. The molecule has 0 radical (unpaired) electrons. The number of amides is 3. The van der Waals surface area contributed by atoms with Gasteiger partial charge in [-0.25, -0.2) is 4.79 Å². The lowest BCUT2D eigenvalue weighted by Gasteiger charge is -2.16. The van der Waals surface area contributed by atoms with Crippen LogP contribution in [0.4, 0.5) is 5.69 Å². The predicted molar refractivity (Wildman–Crippen MR) is 185 cm³/mol. The highest BCUT2D eigenvalue weighted by atomic mass is 35.5. The van der Waals surface area contributed by atoms with E-state index in [2.05, 4.69) is 16.0 Å². The molecule has 10 nitrogen and oxygen atoms in total. The minimum atomic E-state index is -1.31. The van der Waals surface area contributed by atoms with Crippen LogP contribution >= 0.6 is 34.8 Å². The summed E-state index contributed by atoms with van der Waals surface area (Å²) in [4.78, 5) is 50.5. The number of halogens is 3. The van der Waals surface area contributed by atoms with Crippen LogP contribution in [0.3, 0.4) is 0 Å².